The summed E-state index contributed by atoms with van der Waals surface area (Å²) in [4.78, 5) is 0. The van der Waals surface area contributed by atoms with Crippen LogP contribution in [-0.2, 0) is 6.61 Å². The maximum Gasteiger partial charge on any atom is 0.201 e. The Morgan fingerprint density at radius 2 is 1.45 bits per heavy atom. The van der Waals surface area contributed by atoms with Crippen LogP contribution in [0.25, 0.3) is 21.5 Å². The van der Waals surface area contributed by atoms with Gasteiger partial charge in [0.2, 0.25) is 5.75 Å². The Kier molecular flexibility index (Phi) is 5.04. The molecule has 4 rings (SSSR count). The number of hydrogen-bond acceptors (Lipinski definition) is 5. The highest BCUT2D eigenvalue weighted by Gasteiger charge is 2.19. The smallest absolute Gasteiger partial charge is 0.201 e. The molecule has 0 aliphatic carbocycles. The van der Waals surface area contributed by atoms with Crippen molar-refractivity contribution in [2.45, 2.75) is 6.61 Å². The lowest BCUT2D eigenvalue weighted by atomic mass is 9.99. The molecular weight excluding hydrogens is 368 g/mol. The van der Waals surface area contributed by atoms with E-state index < -0.39 is 0 Å². The van der Waals surface area contributed by atoms with Crippen molar-refractivity contribution < 1.29 is 24.1 Å². The molecule has 29 heavy (non-hydrogen) atoms. The molecule has 0 saturated carbocycles. The lowest BCUT2D eigenvalue weighted by Crippen LogP contribution is -1.98. The van der Waals surface area contributed by atoms with Crippen LogP contribution in [0.3, 0.4) is 0 Å². The fraction of sp³-hybridized carbons (Fsp3) is 0.167. The van der Waals surface area contributed by atoms with Gasteiger partial charge in [0.25, 0.3) is 0 Å². The molecule has 5 nitrogen and oxygen atoms in total. The SMILES string of the molecule is COc1cc2ccc3c(OC)c(OCc4ccccc4)ccc3c2c(OC)c1O. The number of phenols is 1. The van der Waals surface area contributed by atoms with Gasteiger partial charge in [-0.15, -0.1) is 0 Å². The number of rotatable bonds is 6. The zero-order valence-electron chi connectivity index (χ0n) is 16.6. The summed E-state index contributed by atoms with van der Waals surface area (Å²) in [6, 6.07) is 19.5. The first-order valence-electron chi connectivity index (χ1n) is 9.22. The summed E-state index contributed by atoms with van der Waals surface area (Å²) in [6.45, 7) is 0.442. The van der Waals surface area contributed by atoms with Gasteiger partial charge >= 0.3 is 0 Å². The summed E-state index contributed by atoms with van der Waals surface area (Å²) < 4.78 is 22.5. The highest BCUT2D eigenvalue weighted by Crippen LogP contribution is 2.47. The number of methoxy groups -OCH3 is 3. The average molecular weight is 390 g/mol. The first-order valence-corrected chi connectivity index (χ1v) is 9.22. The lowest BCUT2D eigenvalue weighted by Gasteiger charge is -2.17. The molecule has 0 fully saturated rings. The van der Waals surface area contributed by atoms with E-state index in [1.54, 1.807) is 13.2 Å². The average Bonchev–Trinajstić information content (AvgIpc) is 2.77. The topological polar surface area (TPSA) is 57.2 Å². The minimum absolute atomic E-state index is 0.0293. The number of aromatic hydroxyl groups is 1. The molecule has 148 valence electrons. The molecule has 1 N–H and O–H groups in total. The van der Waals surface area contributed by atoms with Gasteiger partial charge in [0, 0.05) is 10.8 Å². The molecule has 4 aromatic carbocycles. The van der Waals surface area contributed by atoms with E-state index in [0.29, 0.717) is 29.6 Å². The van der Waals surface area contributed by atoms with Crippen LogP contribution in [0.1, 0.15) is 5.56 Å². The number of ether oxygens (including phenoxy) is 4. The van der Waals surface area contributed by atoms with E-state index in [0.717, 1.165) is 27.1 Å². The van der Waals surface area contributed by atoms with E-state index in [4.69, 9.17) is 18.9 Å². The molecule has 0 aliphatic rings. The maximum absolute atomic E-state index is 10.5. The summed E-state index contributed by atoms with van der Waals surface area (Å²) in [7, 11) is 4.67. The lowest BCUT2D eigenvalue weighted by molar-refractivity contribution is 0.286. The van der Waals surface area contributed by atoms with Crippen LogP contribution in [0.5, 0.6) is 28.7 Å². The Labute approximate surface area is 169 Å². The molecule has 0 atom stereocenters. The number of phenolic OH excluding ortho intramolecular Hbond substituents is 1. The highest BCUT2D eigenvalue weighted by molar-refractivity contribution is 6.14. The molecule has 0 amide bonds. The first kappa shape index (κ1) is 18.7. The van der Waals surface area contributed by atoms with Crippen molar-refractivity contribution in [2.75, 3.05) is 21.3 Å². The third-order valence-corrected chi connectivity index (χ3v) is 4.97. The standard InChI is InChI=1S/C24H22O5/c1-26-20-13-16-9-10-18-17(21(16)24(28-3)22(20)25)11-12-19(23(18)27-2)29-14-15-7-5-4-6-8-15/h4-13,25H,14H2,1-3H3. The third kappa shape index (κ3) is 3.25. The van der Waals surface area contributed by atoms with Gasteiger partial charge < -0.3 is 24.1 Å². The van der Waals surface area contributed by atoms with Gasteiger partial charge in [0.1, 0.15) is 6.61 Å². The number of benzene rings is 4. The fourth-order valence-corrected chi connectivity index (χ4v) is 3.60. The third-order valence-electron chi connectivity index (χ3n) is 4.97. The second-order valence-corrected chi connectivity index (χ2v) is 6.59. The predicted molar refractivity (Wildman–Crippen MR) is 114 cm³/mol. The molecule has 0 unspecified atom stereocenters. The molecular formula is C24H22O5. The molecule has 0 bridgehead atoms. The van der Waals surface area contributed by atoms with Gasteiger partial charge in [-0.25, -0.2) is 0 Å². The summed E-state index contributed by atoms with van der Waals surface area (Å²) in [6.07, 6.45) is 0. The summed E-state index contributed by atoms with van der Waals surface area (Å²) in [5, 5.41) is 14.0. The van der Waals surface area contributed by atoms with Crippen LogP contribution in [-0.4, -0.2) is 26.4 Å². The zero-order chi connectivity index (χ0) is 20.4. The van der Waals surface area contributed by atoms with E-state index >= 15 is 0 Å². The van der Waals surface area contributed by atoms with Crippen LogP contribution in [0.15, 0.2) is 60.7 Å². The zero-order valence-corrected chi connectivity index (χ0v) is 16.6. The highest BCUT2D eigenvalue weighted by atomic mass is 16.5. The number of hydrogen-bond donors (Lipinski definition) is 1. The van der Waals surface area contributed by atoms with Crippen molar-refractivity contribution in [1.29, 1.82) is 0 Å². The van der Waals surface area contributed by atoms with Crippen molar-refractivity contribution in [3.8, 4) is 28.7 Å². The van der Waals surface area contributed by atoms with Crippen LogP contribution in [0, 0.1) is 0 Å². The maximum atomic E-state index is 10.5. The van der Waals surface area contributed by atoms with E-state index in [2.05, 4.69) is 0 Å². The van der Waals surface area contributed by atoms with Crippen molar-refractivity contribution in [3.05, 3.63) is 66.2 Å². The minimum Gasteiger partial charge on any atom is -0.502 e. The van der Waals surface area contributed by atoms with Crippen molar-refractivity contribution >= 4 is 21.5 Å². The quantitative estimate of drug-likeness (QED) is 0.453. The monoisotopic (exact) mass is 390 g/mol. The van der Waals surface area contributed by atoms with E-state index in [1.165, 1.54) is 14.2 Å². The molecule has 0 heterocycles. The summed E-state index contributed by atoms with van der Waals surface area (Å²) in [5.74, 6) is 1.99. The Morgan fingerprint density at radius 3 is 2.14 bits per heavy atom. The molecule has 5 heteroatoms. The van der Waals surface area contributed by atoms with Gasteiger partial charge in [0.05, 0.1) is 21.3 Å². The van der Waals surface area contributed by atoms with Gasteiger partial charge in [-0.2, -0.15) is 0 Å². The Morgan fingerprint density at radius 1 is 0.724 bits per heavy atom. The van der Waals surface area contributed by atoms with Crippen molar-refractivity contribution in [1.82, 2.24) is 0 Å². The van der Waals surface area contributed by atoms with Crippen molar-refractivity contribution in [2.24, 2.45) is 0 Å². The molecule has 0 aliphatic heterocycles. The second kappa shape index (κ2) is 7.80. The van der Waals surface area contributed by atoms with Gasteiger partial charge in [-0.3, -0.25) is 0 Å². The van der Waals surface area contributed by atoms with E-state index in [1.807, 2.05) is 54.6 Å². The molecule has 0 aromatic heterocycles. The van der Waals surface area contributed by atoms with Crippen molar-refractivity contribution in [3.63, 3.8) is 0 Å². The molecule has 0 saturated heterocycles. The fourth-order valence-electron chi connectivity index (χ4n) is 3.60. The second-order valence-electron chi connectivity index (χ2n) is 6.59. The Hall–Kier alpha value is -3.60. The number of fused-ring (bicyclic) bond motifs is 3. The Bertz CT molecular complexity index is 1170. The van der Waals surface area contributed by atoms with E-state index in [-0.39, 0.29) is 5.75 Å². The summed E-state index contributed by atoms with van der Waals surface area (Å²) in [5.41, 5.74) is 1.08. The van der Waals surface area contributed by atoms with Crippen LogP contribution >= 0.6 is 0 Å². The van der Waals surface area contributed by atoms with Gasteiger partial charge in [-0.05, 0) is 40.6 Å². The molecule has 0 spiro atoms. The van der Waals surface area contributed by atoms with Crippen LogP contribution in [0.2, 0.25) is 0 Å². The normalized spacial score (nSPS) is 10.9. The predicted octanol–water partition coefficient (Wildman–Crippen LogP) is 5.30. The van der Waals surface area contributed by atoms with Crippen LogP contribution < -0.4 is 18.9 Å². The molecule has 0 radical (unpaired) electrons. The van der Waals surface area contributed by atoms with Crippen LogP contribution in [0.4, 0.5) is 0 Å². The Balaban J connectivity index is 1.87. The van der Waals surface area contributed by atoms with Gasteiger partial charge in [0.15, 0.2) is 23.0 Å². The minimum atomic E-state index is -0.0293. The van der Waals surface area contributed by atoms with Gasteiger partial charge in [-0.1, -0.05) is 36.4 Å². The van der Waals surface area contributed by atoms with E-state index in [9.17, 15) is 5.11 Å². The first-order chi connectivity index (χ1) is 14.2. The molecule has 4 aromatic rings. The summed E-state index contributed by atoms with van der Waals surface area (Å²) >= 11 is 0. The largest absolute Gasteiger partial charge is 0.502 e.